The lowest BCUT2D eigenvalue weighted by molar-refractivity contribution is -0.170. The predicted molar refractivity (Wildman–Crippen MR) is 72.5 cm³/mol. The maximum Gasteiger partial charge on any atom is 0.133 e. The summed E-state index contributed by atoms with van der Waals surface area (Å²) in [6.07, 6.45) is 3.98. The van der Waals surface area contributed by atoms with E-state index in [1.807, 2.05) is 12.1 Å². The molecule has 1 saturated heterocycles. The van der Waals surface area contributed by atoms with Gasteiger partial charge in [0.1, 0.15) is 11.9 Å². The second-order valence-corrected chi connectivity index (χ2v) is 6.15. The molecule has 104 valence electrons. The van der Waals surface area contributed by atoms with E-state index in [9.17, 15) is 5.11 Å². The number of aliphatic hydroxyl groups excluding tert-OH is 1. The summed E-state index contributed by atoms with van der Waals surface area (Å²) in [6.45, 7) is 7.37. The normalized spacial score (nSPS) is 42.0. The van der Waals surface area contributed by atoms with Gasteiger partial charge in [-0.2, -0.15) is 0 Å². The first-order chi connectivity index (χ1) is 9.10. The van der Waals surface area contributed by atoms with Gasteiger partial charge in [0.05, 0.1) is 19.5 Å². The van der Waals surface area contributed by atoms with Crippen molar-refractivity contribution in [2.75, 3.05) is 13.2 Å². The second-order valence-electron chi connectivity index (χ2n) is 6.15. The largest absolute Gasteiger partial charge is 0.467 e. The van der Waals surface area contributed by atoms with E-state index in [0.717, 1.165) is 5.76 Å². The highest BCUT2D eigenvalue weighted by atomic mass is 16.5. The molecule has 1 aliphatic heterocycles. The van der Waals surface area contributed by atoms with Gasteiger partial charge in [-0.25, -0.2) is 0 Å². The summed E-state index contributed by atoms with van der Waals surface area (Å²) in [5.41, 5.74) is 1.21. The van der Waals surface area contributed by atoms with Gasteiger partial charge in [0.15, 0.2) is 0 Å². The molecule has 0 unspecified atom stereocenters. The Kier molecular flexibility index (Phi) is 3.06. The maximum absolute atomic E-state index is 9.90. The molecule has 2 heterocycles. The van der Waals surface area contributed by atoms with Crippen molar-refractivity contribution < 1.29 is 14.3 Å². The zero-order valence-electron chi connectivity index (χ0n) is 11.8. The van der Waals surface area contributed by atoms with Gasteiger partial charge in [-0.15, -0.1) is 0 Å². The van der Waals surface area contributed by atoms with Crippen molar-refractivity contribution in [3.63, 3.8) is 0 Å². The minimum absolute atomic E-state index is 0.0200. The van der Waals surface area contributed by atoms with Gasteiger partial charge in [-0.3, -0.25) is 0 Å². The molecule has 0 aromatic carbocycles. The standard InChI is InChI=1S/C16H22O3/c1-10-7-11(2)16(8-17)9-19-15(14(10)12(16)3)13-5-4-6-18-13/h4-7,11-12,14-15,17H,8-9H2,1-3H3/t11-,12+,14-,15+,16-/m1/s1. The Bertz CT molecular complexity index is 476. The molecule has 2 aliphatic rings. The monoisotopic (exact) mass is 262 g/mol. The van der Waals surface area contributed by atoms with Gasteiger partial charge in [0.2, 0.25) is 0 Å². The summed E-state index contributed by atoms with van der Waals surface area (Å²) in [5.74, 6) is 1.93. The average molecular weight is 262 g/mol. The van der Waals surface area contributed by atoms with E-state index >= 15 is 0 Å². The highest BCUT2D eigenvalue weighted by Gasteiger charge is 2.53. The number of aliphatic hydroxyl groups is 1. The number of allylic oxidation sites excluding steroid dienone is 1. The minimum atomic E-state index is -0.146. The number of ether oxygens (including phenoxy) is 1. The lowest BCUT2D eigenvalue weighted by atomic mass is 9.56. The molecular formula is C16H22O3. The van der Waals surface area contributed by atoms with Crippen LogP contribution in [0.3, 0.4) is 0 Å². The Labute approximate surface area is 114 Å². The Morgan fingerprint density at radius 1 is 1.42 bits per heavy atom. The number of furan rings is 1. The average Bonchev–Trinajstić information content (AvgIpc) is 2.90. The third-order valence-electron chi connectivity index (χ3n) is 5.37. The predicted octanol–water partition coefficient (Wildman–Crippen LogP) is 3.18. The van der Waals surface area contributed by atoms with Crippen molar-refractivity contribution >= 4 is 0 Å². The fraction of sp³-hybridized carbons (Fsp3) is 0.625. The molecule has 0 saturated carbocycles. The van der Waals surface area contributed by atoms with E-state index in [1.165, 1.54) is 5.57 Å². The van der Waals surface area contributed by atoms with Crippen LogP contribution in [0.25, 0.3) is 0 Å². The molecule has 5 atom stereocenters. The highest BCUT2D eigenvalue weighted by Crippen LogP contribution is 2.55. The van der Waals surface area contributed by atoms with Crippen LogP contribution >= 0.6 is 0 Å². The molecule has 1 aliphatic carbocycles. The lowest BCUT2D eigenvalue weighted by Crippen LogP contribution is -2.53. The first-order valence-electron chi connectivity index (χ1n) is 7.04. The van der Waals surface area contributed by atoms with Gasteiger partial charge >= 0.3 is 0 Å². The van der Waals surface area contributed by atoms with Crippen LogP contribution in [0, 0.1) is 23.2 Å². The summed E-state index contributed by atoms with van der Waals surface area (Å²) in [4.78, 5) is 0. The van der Waals surface area contributed by atoms with Gasteiger partial charge in [0, 0.05) is 11.3 Å². The maximum atomic E-state index is 9.90. The van der Waals surface area contributed by atoms with Crippen molar-refractivity contribution in [1.29, 1.82) is 0 Å². The van der Waals surface area contributed by atoms with Crippen molar-refractivity contribution in [2.45, 2.75) is 26.9 Å². The number of hydrogen-bond acceptors (Lipinski definition) is 3. The van der Waals surface area contributed by atoms with Crippen LogP contribution in [0.15, 0.2) is 34.5 Å². The van der Waals surface area contributed by atoms with Crippen LogP contribution in [-0.2, 0) is 4.74 Å². The fourth-order valence-corrected chi connectivity index (χ4v) is 4.00. The Morgan fingerprint density at radius 3 is 2.84 bits per heavy atom. The summed E-state index contributed by atoms with van der Waals surface area (Å²) < 4.78 is 11.6. The van der Waals surface area contributed by atoms with E-state index in [4.69, 9.17) is 9.15 Å². The number of rotatable bonds is 2. The molecule has 1 N–H and O–H groups in total. The molecule has 0 spiro atoms. The quantitative estimate of drug-likeness (QED) is 0.832. The number of fused-ring (bicyclic) bond motifs is 2. The summed E-state index contributed by atoms with van der Waals surface area (Å²) in [5, 5.41) is 9.90. The van der Waals surface area contributed by atoms with Crippen LogP contribution in [0.2, 0.25) is 0 Å². The molecule has 19 heavy (non-hydrogen) atoms. The van der Waals surface area contributed by atoms with E-state index in [1.54, 1.807) is 6.26 Å². The van der Waals surface area contributed by atoms with Crippen molar-refractivity contribution in [1.82, 2.24) is 0 Å². The molecule has 3 heteroatoms. The Balaban J connectivity index is 2.03. The van der Waals surface area contributed by atoms with Crippen molar-refractivity contribution in [2.24, 2.45) is 23.2 Å². The van der Waals surface area contributed by atoms with E-state index in [2.05, 4.69) is 26.8 Å². The third-order valence-corrected chi connectivity index (χ3v) is 5.37. The van der Waals surface area contributed by atoms with E-state index in [-0.39, 0.29) is 18.1 Å². The molecule has 0 amide bonds. The molecular weight excluding hydrogens is 240 g/mol. The van der Waals surface area contributed by atoms with Crippen LogP contribution in [0.1, 0.15) is 32.6 Å². The van der Waals surface area contributed by atoms with E-state index < -0.39 is 0 Å². The molecule has 2 bridgehead atoms. The first-order valence-corrected chi connectivity index (χ1v) is 7.04. The second kappa shape index (κ2) is 4.50. The molecule has 1 aromatic heterocycles. The SMILES string of the molecule is CC1=C[C@@H](C)[C@@]2(CO)CO[C@@H](c3ccco3)[C@H]1[C@@H]2C. The Morgan fingerprint density at radius 2 is 2.21 bits per heavy atom. The van der Waals surface area contributed by atoms with Crippen LogP contribution in [-0.4, -0.2) is 18.3 Å². The molecule has 1 aromatic rings. The summed E-state index contributed by atoms with van der Waals surface area (Å²) in [6, 6.07) is 3.89. The van der Waals surface area contributed by atoms with Crippen molar-refractivity contribution in [3.8, 4) is 0 Å². The van der Waals surface area contributed by atoms with E-state index in [0.29, 0.717) is 24.4 Å². The molecule has 1 fully saturated rings. The topological polar surface area (TPSA) is 42.6 Å². The Hall–Kier alpha value is -1.06. The van der Waals surface area contributed by atoms with Crippen LogP contribution in [0.4, 0.5) is 0 Å². The van der Waals surface area contributed by atoms with Gasteiger partial charge in [0.25, 0.3) is 0 Å². The van der Waals surface area contributed by atoms with Crippen LogP contribution in [0.5, 0.6) is 0 Å². The zero-order valence-corrected chi connectivity index (χ0v) is 11.8. The van der Waals surface area contributed by atoms with Gasteiger partial charge < -0.3 is 14.3 Å². The summed E-state index contributed by atoms with van der Waals surface area (Å²) in [7, 11) is 0. The zero-order chi connectivity index (χ0) is 13.6. The highest BCUT2D eigenvalue weighted by molar-refractivity contribution is 5.23. The van der Waals surface area contributed by atoms with Crippen LogP contribution < -0.4 is 0 Å². The molecule has 3 nitrogen and oxygen atoms in total. The van der Waals surface area contributed by atoms with Gasteiger partial charge in [-0.1, -0.05) is 25.5 Å². The molecule has 3 rings (SSSR count). The molecule has 0 radical (unpaired) electrons. The number of hydrogen-bond donors (Lipinski definition) is 1. The fourth-order valence-electron chi connectivity index (χ4n) is 4.00. The lowest BCUT2D eigenvalue weighted by Gasteiger charge is -2.54. The third kappa shape index (κ3) is 1.72. The summed E-state index contributed by atoms with van der Waals surface area (Å²) >= 11 is 0. The first kappa shape index (κ1) is 12.9. The smallest absolute Gasteiger partial charge is 0.133 e. The minimum Gasteiger partial charge on any atom is -0.467 e. The van der Waals surface area contributed by atoms with Gasteiger partial charge in [-0.05, 0) is 30.9 Å². The van der Waals surface area contributed by atoms with Crippen molar-refractivity contribution in [3.05, 3.63) is 35.8 Å².